The first kappa shape index (κ1) is 14.5. The number of aromatic nitrogens is 2. The topological polar surface area (TPSA) is 69.8 Å². The lowest BCUT2D eigenvalue weighted by Crippen LogP contribution is -2.37. The van der Waals surface area contributed by atoms with Gasteiger partial charge in [0.2, 0.25) is 0 Å². The van der Waals surface area contributed by atoms with Crippen LogP contribution >= 0.6 is 0 Å². The lowest BCUT2D eigenvalue weighted by atomic mass is 9.94. The summed E-state index contributed by atoms with van der Waals surface area (Å²) in [6.07, 6.45) is 4.24. The van der Waals surface area contributed by atoms with Crippen LogP contribution in [0.15, 0.2) is 30.3 Å². The SMILES string of the molecule is O=C(NC1CCCC1c1ccccc1)c1n[nH]c2c1CNCC2. The molecule has 2 aliphatic rings. The van der Waals surface area contributed by atoms with E-state index in [1.165, 1.54) is 5.56 Å². The second-order valence-electron chi connectivity index (χ2n) is 6.48. The third-order valence-electron chi connectivity index (χ3n) is 5.08. The number of H-pyrrole nitrogens is 1. The molecule has 23 heavy (non-hydrogen) atoms. The summed E-state index contributed by atoms with van der Waals surface area (Å²) in [6, 6.07) is 10.7. The molecule has 1 aromatic heterocycles. The molecule has 5 nitrogen and oxygen atoms in total. The van der Waals surface area contributed by atoms with Crippen molar-refractivity contribution in [3.63, 3.8) is 0 Å². The van der Waals surface area contributed by atoms with E-state index in [9.17, 15) is 4.79 Å². The van der Waals surface area contributed by atoms with Crippen molar-refractivity contribution in [1.29, 1.82) is 0 Å². The maximum atomic E-state index is 12.7. The first-order valence-corrected chi connectivity index (χ1v) is 8.45. The largest absolute Gasteiger partial charge is 0.347 e. The van der Waals surface area contributed by atoms with E-state index in [0.717, 1.165) is 50.0 Å². The van der Waals surface area contributed by atoms with E-state index in [4.69, 9.17) is 0 Å². The Kier molecular flexibility index (Phi) is 3.87. The fraction of sp³-hybridized carbons (Fsp3) is 0.444. The number of nitrogens with zero attached hydrogens (tertiary/aromatic N) is 1. The molecule has 2 unspecified atom stereocenters. The molecule has 5 heteroatoms. The van der Waals surface area contributed by atoms with Crippen LogP contribution in [0, 0.1) is 0 Å². The summed E-state index contributed by atoms with van der Waals surface area (Å²) in [5.41, 5.74) is 4.01. The number of nitrogens with one attached hydrogen (secondary N) is 3. The van der Waals surface area contributed by atoms with Gasteiger partial charge in [-0.15, -0.1) is 0 Å². The van der Waals surface area contributed by atoms with Crippen molar-refractivity contribution >= 4 is 5.91 Å². The molecule has 0 spiro atoms. The Balaban J connectivity index is 1.51. The van der Waals surface area contributed by atoms with Crippen molar-refractivity contribution in [2.24, 2.45) is 0 Å². The molecular weight excluding hydrogens is 288 g/mol. The molecule has 1 saturated carbocycles. The van der Waals surface area contributed by atoms with Gasteiger partial charge in [0.25, 0.3) is 5.91 Å². The number of hydrogen-bond donors (Lipinski definition) is 3. The molecule has 1 aliphatic carbocycles. The van der Waals surface area contributed by atoms with Gasteiger partial charge >= 0.3 is 0 Å². The lowest BCUT2D eigenvalue weighted by Gasteiger charge is -2.21. The second kappa shape index (κ2) is 6.16. The average molecular weight is 310 g/mol. The number of carbonyl (C=O) groups is 1. The number of fused-ring (bicyclic) bond motifs is 1. The van der Waals surface area contributed by atoms with Crippen LogP contribution in [0.25, 0.3) is 0 Å². The molecule has 1 aromatic carbocycles. The maximum absolute atomic E-state index is 12.7. The van der Waals surface area contributed by atoms with Gasteiger partial charge in [-0.1, -0.05) is 36.8 Å². The first-order chi connectivity index (χ1) is 11.3. The standard InChI is InChI=1S/C18H22N4O/c23-18(17-14-11-19-10-9-16(14)21-22-17)20-15-8-4-7-13(15)12-5-2-1-3-6-12/h1-3,5-6,13,15,19H,4,7-11H2,(H,20,23)(H,21,22). The van der Waals surface area contributed by atoms with E-state index in [2.05, 4.69) is 45.1 Å². The zero-order chi connectivity index (χ0) is 15.6. The Hall–Kier alpha value is -2.14. The van der Waals surface area contributed by atoms with Gasteiger partial charge in [-0.2, -0.15) is 5.10 Å². The quantitative estimate of drug-likeness (QED) is 0.813. The summed E-state index contributed by atoms with van der Waals surface area (Å²) in [5.74, 6) is 0.368. The normalized spacial score (nSPS) is 23.5. The van der Waals surface area contributed by atoms with Crippen LogP contribution in [0.3, 0.4) is 0 Å². The van der Waals surface area contributed by atoms with Gasteiger partial charge in [0, 0.05) is 42.7 Å². The molecule has 0 bridgehead atoms. The number of rotatable bonds is 3. The van der Waals surface area contributed by atoms with E-state index < -0.39 is 0 Å². The minimum Gasteiger partial charge on any atom is -0.347 e. The van der Waals surface area contributed by atoms with Gasteiger partial charge in [-0.25, -0.2) is 0 Å². The second-order valence-corrected chi connectivity index (χ2v) is 6.48. The molecule has 2 aromatic rings. The zero-order valence-corrected chi connectivity index (χ0v) is 13.1. The molecule has 0 radical (unpaired) electrons. The Morgan fingerprint density at radius 1 is 1.22 bits per heavy atom. The van der Waals surface area contributed by atoms with E-state index >= 15 is 0 Å². The molecule has 2 atom stereocenters. The number of benzene rings is 1. The highest BCUT2D eigenvalue weighted by atomic mass is 16.2. The highest BCUT2D eigenvalue weighted by Gasteiger charge is 2.31. The Morgan fingerprint density at radius 2 is 2.09 bits per heavy atom. The Bertz CT molecular complexity index is 694. The molecule has 120 valence electrons. The zero-order valence-electron chi connectivity index (χ0n) is 13.1. The van der Waals surface area contributed by atoms with Crippen molar-refractivity contribution in [3.8, 4) is 0 Å². The Labute approximate surface area is 135 Å². The van der Waals surface area contributed by atoms with Crippen LogP contribution in [-0.4, -0.2) is 28.7 Å². The minimum absolute atomic E-state index is 0.0426. The molecule has 1 amide bonds. The van der Waals surface area contributed by atoms with Crippen LogP contribution < -0.4 is 10.6 Å². The van der Waals surface area contributed by atoms with Crippen LogP contribution in [-0.2, 0) is 13.0 Å². The van der Waals surface area contributed by atoms with Crippen LogP contribution in [0.4, 0.5) is 0 Å². The predicted octanol–water partition coefficient (Wildman–Crippen LogP) is 2.12. The van der Waals surface area contributed by atoms with E-state index in [1.54, 1.807) is 0 Å². The lowest BCUT2D eigenvalue weighted by molar-refractivity contribution is 0.0928. The Morgan fingerprint density at radius 3 is 2.96 bits per heavy atom. The number of hydrogen-bond acceptors (Lipinski definition) is 3. The van der Waals surface area contributed by atoms with Gasteiger partial charge in [0.05, 0.1) is 0 Å². The van der Waals surface area contributed by atoms with Crippen molar-refractivity contribution in [1.82, 2.24) is 20.8 Å². The van der Waals surface area contributed by atoms with Gasteiger partial charge < -0.3 is 10.6 Å². The van der Waals surface area contributed by atoms with Crippen LogP contribution in [0.2, 0.25) is 0 Å². The van der Waals surface area contributed by atoms with Crippen molar-refractivity contribution in [3.05, 3.63) is 52.8 Å². The van der Waals surface area contributed by atoms with Crippen LogP contribution in [0.5, 0.6) is 0 Å². The van der Waals surface area contributed by atoms with E-state index in [1.807, 2.05) is 6.07 Å². The van der Waals surface area contributed by atoms with Gasteiger partial charge in [0.15, 0.2) is 5.69 Å². The number of amides is 1. The molecule has 4 rings (SSSR count). The van der Waals surface area contributed by atoms with Gasteiger partial charge in [-0.05, 0) is 18.4 Å². The highest BCUT2D eigenvalue weighted by Crippen LogP contribution is 2.34. The number of carbonyl (C=O) groups excluding carboxylic acids is 1. The highest BCUT2D eigenvalue weighted by molar-refractivity contribution is 5.94. The number of aromatic amines is 1. The summed E-state index contributed by atoms with van der Waals surface area (Å²) < 4.78 is 0. The molecular formula is C18H22N4O. The molecule has 1 fully saturated rings. The fourth-order valence-electron chi connectivity index (χ4n) is 3.88. The van der Waals surface area contributed by atoms with Crippen molar-refractivity contribution < 1.29 is 4.79 Å². The monoisotopic (exact) mass is 310 g/mol. The molecule has 1 aliphatic heterocycles. The predicted molar refractivity (Wildman–Crippen MR) is 88.3 cm³/mol. The smallest absolute Gasteiger partial charge is 0.272 e. The van der Waals surface area contributed by atoms with Gasteiger partial charge in [-0.3, -0.25) is 9.89 Å². The van der Waals surface area contributed by atoms with Gasteiger partial charge in [0.1, 0.15) is 0 Å². The first-order valence-electron chi connectivity index (χ1n) is 8.45. The molecule has 0 saturated heterocycles. The summed E-state index contributed by atoms with van der Waals surface area (Å²) in [6.45, 7) is 1.66. The third-order valence-corrected chi connectivity index (χ3v) is 5.08. The van der Waals surface area contributed by atoms with Crippen molar-refractivity contribution in [2.75, 3.05) is 6.54 Å². The molecule has 2 heterocycles. The summed E-state index contributed by atoms with van der Waals surface area (Å²) in [5, 5.41) is 13.8. The summed E-state index contributed by atoms with van der Waals surface area (Å²) >= 11 is 0. The van der Waals surface area contributed by atoms with E-state index in [-0.39, 0.29) is 11.9 Å². The summed E-state index contributed by atoms with van der Waals surface area (Å²) in [7, 11) is 0. The van der Waals surface area contributed by atoms with E-state index in [0.29, 0.717) is 11.6 Å². The maximum Gasteiger partial charge on any atom is 0.272 e. The summed E-state index contributed by atoms with van der Waals surface area (Å²) in [4.78, 5) is 12.7. The average Bonchev–Trinajstić information content (AvgIpc) is 3.22. The van der Waals surface area contributed by atoms with Crippen LogP contribution in [0.1, 0.15) is 52.5 Å². The molecule has 3 N–H and O–H groups in total. The minimum atomic E-state index is -0.0426. The van der Waals surface area contributed by atoms with Crippen molar-refractivity contribution in [2.45, 2.75) is 44.2 Å². The third kappa shape index (κ3) is 2.77. The fourth-order valence-corrected chi connectivity index (χ4v) is 3.88.